The van der Waals surface area contributed by atoms with Gasteiger partial charge in [-0.2, -0.15) is 0 Å². The second-order valence-electron chi connectivity index (χ2n) is 3.17. The maximum absolute atomic E-state index is 8.72. The predicted octanol–water partition coefficient (Wildman–Crippen LogP) is 1.36. The molecule has 1 aromatic carbocycles. The molecule has 3 N–H and O–H groups in total. The summed E-state index contributed by atoms with van der Waals surface area (Å²) in [4.78, 5) is 0. The zero-order valence-corrected chi connectivity index (χ0v) is 9.91. The van der Waals surface area contributed by atoms with Crippen LogP contribution >= 0.6 is 11.6 Å². The van der Waals surface area contributed by atoms with Gasteiger partial charge in [-0.3, -0.25) is 0 Å². The molecule has 1 aromatic rings. The maximum atomic E-state index is 8.72. The Morgan fingerprint density at radius 2 is 2.25 bits per heavy atom. The number of aliphatic hydroxyl groups excluding tert-OH is 1. The van der Waals surface area contributed by atoms with Crippen LogP contribution in [-0.2, 0) is 4.74 Å². The highest BCUT2D eigenvalue weighted by molar-refractivity contribution is 6.31. The number of hydrogen-bond donors (Lipinski definition) is 2. The van der Waals surface area contributed by atoms with Gasteiger partial charge < -0.3 is 20.3 Å². The maximum Gasteiger partial charge on any atom is 0.126 e. The van der Waals surface area contributed by atoms with E-state index in [1.807, 2.05) is 0 Å². The SMILES string of the molecule is COc1cccc(Cl)c1C(CN)OCCO. The van der Waals surface area contributed by atoms with Gasteiger partial charge in [-0.25, -0.2) is 0 Å². The van der Waals surface area contributed by atoms with Crippen molar-refractivity contribution in [3.05, 3.63) is 28.8 Å². The summed E-state index contributed by atoms with van der Waals surface area (Å²) in [6.45, 7) is 0.444. The van der Waals surface area contributed by atoms with Crippen molar-refractivity contribution in [2.75, 3.05) is 26.9 Å². The van der Waals surface area contributed by atoms with Gasteiger partial charge in [-0.15, -0.1) is 0 Å². The lowest BCUT2D eigenvalue weighted by atomic mass is 10.1. The van der Waals surface area contributed by atoms with Gasteiger partial charge in [0.1, 0.15) is 5.75 Å². The van der Waals surface area contributed by atoms with E-state index in [4.69, 9.17) is 31.9 Å². The fraction of sp³-hybridized carbons (Fsp3) is 0.455. The van der Waals surface area contributed by atoms with E-state index >= 15 is 0 Å². The first kappa shape index (κ1) is 13.3. The first-order chi connectivity index (χ1) is 7.74. The summed E-state index contributed by atoms with van der Waals surface area (Å²) in [5, 5.41) is 9.27. The van der Waals surface area contributed by atoms with Crippen LogP contribution in [0.25, 0.3) is 0 Å². The molecule has 16 heavy (non-hydrogen) atoms. The minimum atomic E-state index is -0.365. The summed E-state index contributed by atoms with van der Waals surface area (Å²) in [6.07, 6.45) is -0.365. The molecule has 0 saturated heterocycles. The van der Waals surface area contributed by atoms with Crippen LogP contribution in [0.1, 0.15) is 11.7 Å². The lowest BCUT2D eigenvalue weighted by molar-refractivity contribution is 0.0317. The van der Waals surface area contributed by atoms with Crippen LogP contribution in [0.2, 0.25) is 5.02 Å². The van der Waals surface area contributed by atoms with Crippen molar-refractivity contribution in [2.24, 2.45) is 5.73 Å². The van der Waals surface area contributed by atoms with Gasteiger partial charge in [0, 0.05) is 12.1 Å². The molecule has 0 bridgehead atoms. The van der Waals surface area contributed by atoms with E-state index in [0.29, 0.717) is 10.8 Å². The molecule has 0 aliphatic rings. The second-order valence-corrected chi connectivity index (χ2v) is 3.58. The molecule has 0 aromatic heterocycles. The largest absolute Gasteiger partial charge is 0.496 e. The molecule has 1 atom stereocenters. The fourth-order valence-electron chi connectivity index (χ4n) is 1.47. The van der Waals surface area contributed by atoms with Crippen molar-refractivity contribution >= 4 is 11.6 Å². The molecule has 0 saturated carbocycles. The van der Waals surface area contributed by atoms with Crippen molar-refractivity contribution in [1.29, 1.82) is 0 Å². The lowest BCUT2D eigenvalue weighted by Gasteiger charge is -2.19. The molecule has 0 aliphatic carbocycles. The second kappa shape index (κ2) is 6.70. The number of halogens is 1. The minimum absolute atomic E-state index is 0.0523. The number of methoxy groups -OCH3 is 1. The summed E-state index contributed by atoms with van der Waals surface area (Å²) >= 11 is 6.08. The number of rotatable bonds is 6. The molecule has 0 aliphatic heterocycles. The van der Waals surface area contributed by atoms with Crippen LogP contribution in [0.15, 0.2) is 18.2 Å². The van der Waals surface area contributed by atoms with Crippen LogP contribution in [-0.4, -0.2) is 32.0 Å². The van der Waals surface area contributed by atoms with Gasteiger partial charge in [0.05, 0.1) is 31.5 Å². The van der Waals surface area contributed by atoms with Gasteiger partial charge in [-0.05, 0) is 12.1 Å². The van der Waals surface area contributed by atoms with Crippen molar-refractivity contribution in [3.8, 4) is 5.75 Å². The number of hydrogen-bond acceptors (Lipinski definition) is 4. The normalized spacial score (nSPS) is 12.5. The van der Waals surface area contributed by atoms with E-state index in [9.17, 15) is 0 Å². The van der Waals surface area contributed by atoms with Gasteiger partial charge in [0.25, 0.3) is 0 Å². The van der Waals surface area contributed by atoms with Gasteiger partial charge in [-0.1, -0.05) is 17.7 Å². The van der Waals surface area contributed by atoms with Crippen molar-refractivity contribution < 1.29 is 14.6 Å². The summed E-state index contributed by atoms with van der Waals surface area (Å²) < 4.78 is 10.6. The van der Waals surface area contributed by atoms with Crippen LogP contribution < -0.4 is 10.5 Å². The highest BCUT2D eigenvalue weighted by Gasteiger charge is 2.18. The highest BCUT2D eigenvalue weighted by Crippen LogP contribution is 2.33. The molecule has 0 fully saturated rings. The third-order valence-electron chi connectivity index (χ3n) is 2.18. The van der Waals surface area contributed by atoms with Crippen LogP contribution in [0.5, 0.6) is 5.75 Å². The van der Waals surface area contributed by atoms with E-state index in [1.165, 1.54) is 0 Å². The molecule has 0 amide bonds. The average Bonchev–Trinajstić information content (AvgIpc) is 2.31. The summed E-state index contributed by atoms with van der Waals surface area (Å²) in [5.41, 5.74) is 6.34. The molecular formula is C11H16ClNO3. The molecule has 1 unspecified atom stereocenters. The molecule has 5 heteroatoms. The third-order valence-corrected chi connectivity index (χ3v) is 2.51. The number of nitrogens with two attached hydrogens (primary N) is 1. The molecule has 0 heterocycles. The Labute approximate surface area is 99.9 Å². The Balaban J connectivity index is 2.97. The van der Waals surface area contributed by atoms with Crippen LogP contribution in [0.4, 0.5) is 0 Å². The standard InChI is InChI=1S/C11H16ClNO3/c1-15-9-4-2-3-8(12)11(9)10(7-13)16-6-5-14/h2-4,10,14H,5-7,13H2,1H3. The Kier molecular flexibility index (Phi) is 5.55. The lowest BCUT2D eigenvalue weighted by Crippen LogP contribution is -2.18. The molecule has 0 radical (unpaired) electrons. The van der Waals surface area contributed by atoms with E-state index in [-0.39, 0.29) is 25.9 Å². The Morgan fingerprint density at radius 3 is 2.81 bits per heavy atom. The van der Waals surface area contributed by atoms with E-state index < -0.39 is 0 Å². The fourth-order valence-corrected chi connectivity index (χ4v) is 1.76. The van der Waals surface area contributed by atoms with Crippen molar-refractivity contribution in [3.63, 3.8) is 0 Å². The van der Waals surface area contributed by atoms with Crippen molar-refractivity contribution in [2.45, 2.75) is 6.10 Å². The first-order valence-corrected chi connectivity index (χ1v) is 5.37. The van der Waals surface area contributed by atoms with Crippen molar-refractivity contribution in [1.82, 2.24) is 0 Å². The third kappa shape index (κ3) is 3.09. The van der Waals surface area contributed by atoms with E-state index in [1.54, 1.807) is 25.3 Å². The Morgan fingerprint density at radius 1 is 1.50 bits per heavy atom. The Hall–Kier alpha value is -0.810. The quantitative estimate of drug-likeness (QED) is 0.794. The number of benzene rings is 1. The zero-order valence-electron chi connectivity index (χ0n) is 9.15. The molecule has 90 valence electrons. The van der Waals surface area contributed by atoms with E-state index in [2.05, 4.69) is 0 Å². The summed E-state index contributed by atoms with van der Waals surface area (Å²) in [6, 6.07) is 5.35. The predicted molar refractivity (Wildman–Crippen MR) is 62.8 cm³/mol. The minimum Gasteiger partial charge on any atom is -0.496 e. The molecule has 0 spiro atoms. The molecular weight excluding hydrogens is 230 g/mol. The number of ether oxygens (including phenoxy) is 2. The topological polar surface area (TPSA) is 64.7 Å². The monoisotopic (exact) mass is 245 g/mol. The average molecular weight is 246 g/mol. The summed E-state index contributed by atoms with van der Waals surface area (Å²) in [5.74, 6) is 0.640. The van der Waals surface area contributed by atoms with Gasteiger partial charge in [0.2, 0.25) is 0 Å². The molecule has 4 nitrogen and oxygen atoms in total. The first-order valence-electron chi connectivity index (χ1n) is 4.99. The summed E-state index contributed by atoms with van der Waals surface area (Å²) in [7, 11) is 1.56. The smallest absolute Gasteiger partial charge is 0.126 e. The van der Waals surface area contributed by atoms with E-state index in [0.717, 1.165) is 5.56 Å². The van der Waals surface area contributed by atoms with Gasteiger partial charge in [0.15, 0.2) is 0 Å². The van der Waals surface area contributed by atoms with Crippen LogP contribution in [0.3, 0.4) is 0 Å². The van der Waals surface area contributed by atoms with Gasteiger partial charge >= 0.3 is 0 Å². The van der Waals surface area contributed by atoms with Crippen LogP contribution in [0, 0.1) is 0 Å². The highest BCUT2D eigenvalue weighted by atomic mass is 35.5. The zero-order chi connectivity index (χ0) is 12.0. The molecule has 1 rings (SSSR count). The Bertz CT molecular complexity index is 333. The number of aliphatic hydroxyl groups is 1.